The van der Waals surface area contributed by atoms with Gasteiger partial charge in [0.15, 0.2) is 5.82 Å². The number of hydrogen-bond donors (Lipinski definition) is 1. The first kappa shape index (κ1) is 14.4. The zero-order valence-electron chi connectivity index (χ0n) is 10.7. The number of para-hydroxylation sites is 1. The summed E-state index contributed by atoms with van der Waals surface area (Å²) in [5.74, 6) is -0.336. The number of nitrogens with one attached hydrogen (secondary N) is 1. The molecule has 0 saturated carbocycles. The minimum absolute atomic E-state index is 0.0115. The van der Waals surface area contributed by atoms with Crippen molar-refractivity contribution in [3.63, 3.8) is 0 Å². The molecule has 0 fully saturated rings. The predicted molar refractivity (Wildman–Crippen MR) is 71.2 cm³/mol. The van der Waals surface area contributed by atoms with Gasteiger partial charge in [-0.1, -0.05) is 18.2 Å². The standard InChI is InChI=1S/C13H13FN2O3S/c1-19-12-7-3-2-5-10(12)9-16-20(17,18)13-11(14)6-4-8-15-13/h2-8,16H,9H2,1H3. The molecule has 5 nitrogen and oxygen atoms in total. The molecule has 2 aromatic rings. The lowest BCUT2D eigenvalue weighted by molar-refractivity contribution is 0.409. The van der Waals surface area contributed by atoms with Crippen LogP contribution in [0.5, 0.6) is 5.75 Å². The highest BCUT2D eigenvalue weighted by Crippen LogP contribution is 2.18. The zero-order chi connectivity index (χ0) is 14.6. The zero-order valence-corrected chi connectivity index (χ0v) is 11.5. The first-order chi connectivity index (χ1) is 9.54. The number of halogens is 1. The fourth-order valence-corrected chi connectivity index (χ4v) is 2.67. The van der Waals surface area contributed by atoms with E-state index >= 15 is 0 Å². The Morgan fingerprint density at radius 2 is 2.00 bits per heavy atom. The monoisotopic (exact) mass is 296 g/mol. The SMILES string of the molecule is COc1ccccc1CNS(=O)(=O)c1ncccc1F. The van der Waals surface area contributed by atoms with Crippen molar-refractivity contribution in [2.45, 2.75) is 11.6 Å². The minimum atomic E-state index is -4.01. The van der Waals surface area contributed by atoms with E-state index in [1.807, 2.05) is 0 Å². The molecule has 1 aromatic carbocycles. The average Bonchev–Trinajstić information content (AvgIpc) is 2.46. The van der Waals surface area contributed by atoms with Crippen LogP contribution in [0.4, 0.5) is 4.39 Å². The molecule has 0 saturated heterocycles. The molecule has 0 amide bonds. The Morgan fingerprint density at radius 3 is 2.70 bits per heavy atom. The summed E-state index contributed by atoms with van der Waals surface area (Å²) in [4.78, 5) is 3.55. The second-order valence-corrected chi connectivity index (χ2v) is 5.61. The lowest BCUT2D eigenvalue weighted by Gasteiger charge is -2.10. The van der Waals surface area contributed by atoms with Gasteiger partial charge in [-0.15, -0.1) is 0 Å². The van der Waals surface area contributed by atoms with Gasteiger partial charge in [0.1, 0.15) is 5.75 Å². The van der Waals surface area contributed by atoms with Crippen molar-refractivity contribution in [2.75, 3.05) is 7.11 Å². The maximum absolute atomic E-state index is 13.5. The Morgan fingerprint density at radius 1 is 1.25 bits per heavy atom. The van der Waals surface area contributed by atoms with Gasteiger partial charge in [0.2, 0.25) is 5.03 Å². The highest BCUT2D eigenvalue weighted by molar-refractivity contribution is 7.89. The first-order valence-electron chi connectivity index (χ1n) is 5.76. The summed E-state index contributed by atoms with van der Waals surface area (Å²) in [7, 11) is -2.51. The number of rotatable bonds is 5. The van der Waals surface area contributed by atoms with Gasteiger partial charge in [0, 0.05) is 18.3 Å². The Hall–Kier alpha value is -1.99. The maximum atomic E-state index is 13.5. The Balaban J connectivity index is 2.20. The number of ether oxygens (including phenoxy) is 1. The van der Waals surface area contributed by atoms with Crippen LogP contribution in [0.3, 0.4) is 0 Å². The molecule has 0 aliphatic rings. The molecule has 20 heavy (non-hydrogen) atoms. The predicted octanol–water partition coefficient (Wildman–Crippen LogP) is 1.71. The topological polar surface area (TPSA) is 68.3 Å². The Labute approximate surface area is 116 Å². The van der Waals surface area contributed by atoms with Crippen molar-refractivity contribution in [2.24, 2.45) is 0 Å². The molecule has 0 spiro atoms. The summed E-state index contributed by atoms with van der Waals surface area (Å²) in [6, 6.07) is 9.34. The quantitative estimate of drug-likeness (QED) is 0.912. The van der Waals surface area contributed by atoms with Gasteiger partial charge in [0.05, 0.1) is 7.11 Å². The van der Waals surface area contributed by atoms with Gasteiger partial charge < -0.3 is 4.74 Å². The van der Waals surface area contributed by atoms with Gasteiger partial charge in [-0.25, -0.2) is 22.5 Å². The highest BCUT2D eigenvalue weighted by atomic mass is 32.2. The van der Waals surface area contributed by atoms with E-state index in [1.54, 1.807) is 24.3 Å². The van der Waals surface area contributed by atoms with E-state index < -0.39 is 20.9 Å². The number of sulfonamides is 1. The lowest BCUT2D eigenvalue weighted by atomic mass is 10.2. The lowest BCUT2D eigenvalue weighted by Crippen LogP contribution is -2.25. The van der Waals surface area contributed by atoms with Crippen LogP contribution >= 0.6 is 0 Å². The summed E-state index contributed by atoms with van der Waals surface area (Å²) in [6.07, 6.45) is 1.22. The molecule has 0 atom stereocenters. The van der Waals surface area contributed by atoms with Crippen LogP contribution in [-0.2, 0) is 16.6 Å². The molecular formula is C13H13FN2O3S. The van der Waals surface area contributed by atoms with Gasteiger partial charge in [-0.3, -0.25) is 0 Å². The number of pyridine rings is 1. The number of aromatic nitrogens is 1. The van der Waals surface area contributed by atoms with Gasteiger partial charge in [0.25, 0.3) is 10.0 Å². The second kappa shape index (κ2) is 5.98. The van der Waals surface area contributed by atoms with Crippen LogP contribution in [0.15, 0.2) is 47.6 Å². The van der Waals surface area contributed by atoms with Crippen LogP contribution in [0.2, 0.25) is 0 Å². The van der Waals surface area contributed by atoms with Crippen LogP contribution < -0.4 is 9.46 Å². The van der Waals surface area contributed by atoms with E-state index in [2.05, 4.69) is 9.71 Å². The van der Waals surface area contributed by atoms with Crippen molar-refractivity contribution >= 4 is 10.0 Å². The van der Waals surface area contributed by atoms with Crippen molar-refractivity contribution < 1.29 is 17.5 Å². The van der Waals surface area contributed by atoms with E-state index in [0.717, 1.165) is 6.07 Å². The van der Waals surface area contributed by atoms with E-state index in [4.69, 9.17) is 4.74 Å². The third-order valence-electron chi connectivity index (χ3n) is 2.62. The summed E-state index contributed by atoms with van der Waals surface area (Å²) in [5.41, 5.74) is 0.648. The smallest absolute Gasteiger partial charge is 0.261 e. The third kappa shape index (κ3) is 3.12. The van der Waals surface area contributed by atoms with E-state index in [0.29, 0.717) is 11.3 Å². The highest BCUT2D eigenvalue weighted by Gasteiger charge is 2.20. The minimum Gasteiger partial charge on any atom is -0.496 e. The van der Waals surface area contributed by atoms with Crippen molar-refractivity contribution in [3.8, 4) is 5.75 Å². The van der Waals surface area contributed by atoms with Crippen LogP contribution in [0.25, 0.3) is 0 Å². The van der Waals surface area contributed by atoms with Gasteiger partial charge in [-0.2, -0.15) is 0 Å². The molecule has 0 unspecified atom stereocenters. The van der Waals surface area contributed by atoms with Crippen LogP contribution in [0, 0.1) is 5.82 Å². The Kier molecular flexibility index (Phi) is 4.31. The van der Waals surface area contributed by atoms with E-state index in [1.165, 1.54) is 19.4 Å². The number of methoxy groups -OCH3 is 1. The molecule has 1 heterocycles. The van der Waals surface area contributed by atoms with E-state index in [9.17, 15) is 12.8 Å². The van der Waals surface area contributed by atoms with Gasteiger partial charge >= 0.3 is 0 Å². The van der Waals surface area contributed by atoms with E-state index in [-0.39, 0.29) is 6.54 Å². The van der Waals surface area contributed by atoms with Gasteiger partial charge in [-0.05, 0) is 18.2 Å². The fraction of sp³-hybridized carbons (Fsp3) is 0.154. The number of nitrogens with zero attached hydrogens (tertiary/aromatic N) is 1. The molecule has 2 rings (SSSR count). The molecule has 1 N–H and O–H groups in total. The van der Waals surface area contributed by atoms with Crippen molar-refractivity contribution in [3.05, 3.63) is 54.0 Å². The molecule has 0 aliphatic heterocycles. The second-order valence-electron chi connectivity index (χ2n) is 3.93. The summed E-state index contributed by atoms with van der Waals surface area (Å²) in [6.45, 7) is -0.0115. The average molecular weight is 296 g/mol. The normalized spacial score (nSPS) is 11.3. The number of benzene rings is 1. The molecule has 7 heteroatoms. The third-order valence-corrected chi connectivity index (χ3v) is 3.96. The first-order valence-corrected chi connectivity index (χ1v) is 7.25. The van der Waals surface area contributed by atoms with Crippen molar-refractivity contribution in [1.82, 2.24) is 9.71 Å². The number of hydrogen-bond acceptors (Lipinski definition) is 4. The molecule has 1 aromatic heterocycles. The molecule has 106 valence electrons. The summed E-state index contributed by atoms with van der Waals surface area (Å²) >= 11 is 0. The Bertz CT molecular complexity index is 704. The van der Waals surface area contributed by atoms with Crippen LogP contribution in [0.1, 0.15) is 5.56 Å². The maximum Gasteiger partial charge on any atom is 0.261 e. The fourth-order valence-electron chi connectivity index (χ4n) is 1.66. The van der Waals surface area contributed by atoms with Crippen molar-refractivity contribution in [1.29, 1.82) is 0 Å². The molecule has 0 radical (unpaired) electrons. The van der Waals surface area contributed by atoms with Crippen LogP contribution in [-0.4, -0.2) is 20.5 Å². The summed E-state index contributed by atoms with van der Waals surface area (Å²) < 4.78 is 44.8. The summed E-state index contributed by atoms with van der Waals surface area (Å²) in [5, 5.41) is -0.616. The molecule has 0 bridgehead atoms. The largest absolute Gasteiger partial charge is 0.496 e. The molecular weight excluding hydrogens is 283 g/mol. The molecule has 0 aliphatic carbocycles.